The fourth-order valence-electron chi connectivity index (χ4n) is 3.67. The Morgan fingerprint density at radius 2 is 1.67 bits per heavy atom. The maximum Gasteiger partial charge on any atom is 0.266 e. The number of carbonyl (C=O) groups excluding carboxylic acids is 1. The van der Waals surface area contributed by atoms with Crippen LogP contribution in [0.3, 0.4) is 0 Å². The number of ether oxygens (including phenoxy) is 2. The predicted molar refractivity (Wildman–Crippen MR) is 153 cm³/mol. The van der Waals surface area contributed by atoms with Crippen molar-refractivity contribution in [3.63, 3.8) is 0 Å². The van der Waals surface area contributed by atoms with Gasteiger partial charge in [0.1, 0.15) is 29.0 Å². The zero-order valence-electron chi connectivity index (χ0n) is 20.5. The lowest BCUT2D eigenvalue weighted by atomic mass is 9.87. The zero-order chi connectivity index (χ0) is 25.7. The van der Waals surface area contributed by atoms with Gasteiger partial charge in [-0.15, -0.1) is 0 Å². The van der Waals surface area contributed by atoms with E-state index in [1.165, 1.54) is 17.3 Å². The van der Waals surface area contributed by atoms with Crippen molar-refractivity contribution in [3.8, 4) is 11.5 Å². The first kappa shape index (κ1) is 26.3. The molecule has 7 heteroatoms. The second kappa shape index (κ2) is 11.5. The average Bonchev–Trinajstić information content (AvgIpc) is 3.10. The minimum Gasteiger partial charge on any atom is -0.490 e. The molecule has 1 aliphatic rings. The largest absolute Gasteiger partial charge is 0.490 e. The Hall–Kier alpha value is -2.80. The summed E-state index contributed by atoms with van der Waals surface area (Å²) in [4.78, 5) is 15.2. The van der Waals surface area contributed by atoms with Gasteiger partial charge in [0.15, 0.2) is 0 Å². The lowest BCUT2D eigenvalue weighted by Crippen LogP contribution is -2.27. The molecule has 4 rings (SSSR count). The summed E-state index contributed by atoms with van der Waals surface area (Å²) in [7, 11) is 0. The molecule has 0 saturated carbocycles. The molecule has 0 atom stereocenters. The van der Waals surface area contributed by atoms with E-state index in [-0.39, 0.29) is 11.3 Å². The quantitative estimate of drug-likeness (QED) is 0.169. The third-order valence-corrected chi connectivity index (χ3v) is 7.26. The third-order valence-electron chi connectivity index (χ3n) is 5.65. The van der Waals surface area contributed by atoms with Crippen molar-refractivity contribution in [2.75, 3.05) is 13.2 Å². The van der Waals surface area contributed by atoms with Crippen molar-refractivity contribution in [2.24, 2.45) is 0 Å². The number of thioether (sulfide) groups is 1. The maximum atomic E-state index is 13.1. The van der Waals surface area contributed by atoms with Gasteiger partial charge in [-0.1, -0.05) is 98.8 Å². The smallest absolute Gasteiger partial charge is 0.266 e. The Kier molecular flexibility index (Phi) is 8.39. The molecule has 0 N–H and O–H groups in total. The van der Waals surface area contributed by atoms with E-state index in [0.29, 0.717) is 39.8 Å². The number of nitrogens with zero attached hydrogens (tertiary/aromatic N) is 1. The van der Waals surface area contributed by atoms with Crippen LogP contribution in [0.15, 0.2) is 77.7 Å². The van der Waals surface area contributed by atoms with Crippen LogP contribution < -0.4 is 9.47 Å². The van der Waals surface area contributed by atoms with Gasteiger partial charge < -0.3 is 9.47 Å². The highest BCUT2D eigenvalue weighted by atomic mass is 35.5. The highest BCUT2D eigenvalue weighted by Gasteiger charge is 2.32. The third kappa shape index (κ3) is 6.69. The van der Waals surface area contributed by atoms with Crippen molar-refractivity contribution in [1.29, 1.82) is 0 Å². The van der Waals surface area contributed by atoms with Crippen LogP contribution in [0.2, 0.25) is 5.02 Å². The number of carbonyl (C=O) groups is 1. The molecular formula is C29H28ClNO3S2. The molecule has 0 bridgehead atoms. The summed E-state index contributed by atoms with van der Waals surface area (Å²) in [5.41, 5.74) is 3.10. The second-order valence-corrected chi connectivity index (χ2v) is 11.5. The fourth-order valence-corrected chi connectivity index (χ4v) is 5.10. The topological polar surface area (TPSA) is 38.8 Å². The summed E-state index contributed by atoms with van der Waals surface area (Å²) in [6.45, 7) is 7.72. The van der Waals surface area contributed by atoms with Gasteiger partial charge in [-0.25, -0.2) is 0 Å². The van der Waals surface area contributed by atoms with Gasteiger partial charge in [-0.05, 0) is 52.9 Å². The molecule has 0 aliphatic carbocycles. The van der Waals surface area contributed by atoms with E-state index in [1.54, 1.807) is 29.2 Å². The first-order valence-corrected chi connectivity index (χ1v) is 13.3. The van der Waals surface area contributed by atoms with Crippen molar-refractivity contribution < 1.29 is 14.3 Å². The number of hydrogen-bond donors (Lipinski definition) is 0. The predicted octanol–water partition coefficient (Wildman–Crippen LogP) is 7.50. The first-order chi connectivity index (χ1) is 17.2. The number of thiocarbonyl (C=S) groups is 1. The standard InChI is InChI=1S/C29H28ClNO3S2/c1-29(2,3)22-9-12-24(13-10-22)33-15-16-34-25-14-11-23(30)17-21(25)18-26-27(32)31(28(35)36-26)19-20-7-5-4-6-8-20/h4-14,17-18H,15-16,19H2,1-3H3/b26-18-. The second-order valence-electron chi connectivity index (χ2n) is 9.41. The van der Waals surface area contributed by atoms with Crippen LogP contribution in [0.4, 0.5) is 0 Å². The number of amides is 1. The molecule has 1 aliphatic heterocycles. The van der Waals surface area contributed by atoms with Crippen LogP contribution in [0.25, 0.3) is 6.08 Å². The summed E-state index contributed by atoms with van der Waals surface area (Å²) in [6, 6.07) is 23.3. The molecule has 0 spiro atoms. The van der Waals surface area contributed by atoms with Gasteiger partial charge in [-0.3, -0.25) is 9.69 Å². The Labute approximate surface area is 227 Å². The molecule has 1 heterocycles. The van der Waals surface area contributed by atoms with E-state index in [2.05, 4.69) is 32.9 Å². The van der Waals surface area contributed by atoms with Gasteiger partial charge in [0, 0.05) is 10.6 Å². The van der Waals surface area contributed by atoms with Crippen LogP contribution in [-0.4, -0.2) is 28.3 Å². The molecule has 3 aromatic carbocycles. The molecule has 0 unspecified atom stereocenters. The minimum atomic E-state index is -0.123. The van der Waals surface area contributed by atoms with Crippen LogP contribution in [-0.2, 0) is 16.8 Å². The lowest BCUT2D eigenvalue weighted by Gasteiger charge is -2.19. The molecule has 186 valence electrons. The number of benzene rings is 3. The van der Waals surface area contributed by atoms with E-state index in [1.807, 2.05) is 42.5 Å². The summed E-state index contributed by atoms with van der Waals surface area (Å²) < 4.78 is 12.4. The Morgan fingerprint density at radius 1 is 0.972 bits per heavy atom. The molecule has 3 aromatic rings. The van der Waals surface area contributed by atoms with Gasteiger partial charge >= 0.3 is 0 Å². The maximum absolute atomic E-state index is 13.1. The van der Waals surface area contributed by atoms with Crippen molar-refractivity contribution >= 4 is 51.9 Å². The molecule has 0 radical (unpaired) electrons. The average molecular weight is 538 g/mol. The summed E-state index contributed by atoms with van der Waals surface area (Å²) >= 11 is 13.0. The molecule has 1 amide bonds. The molecular weight excluding hydrogens is 510 g/mol. The number of rotatable bonds is 8. The molecule has 36 heavy (non-hydrogen) atoms. The lowest BCUT2D eigenvalue weighted by molar-refractivity contribution is -0.122. The van der Waals surface area contributed by atoms with Crippen LogP contribution in [0, 0.1) is 0 Å². The Bertz CT molecular complexity index is 1270. The molecule has 1 saturated heterocycles. The van der Waals surface area contributed by atoms with E-state index in [0.717, 1.165) is 16.9 Å². The van der Waals surface area contributed by atoms with Crippen LogP contribution in [0.1, 0.15) is 37.5 Å². The fraction of sp³-hybridized carbons (Fsp3) is 0.241. The van der Waals surface area contributed by atoms with Crippen LogP contribution in [0.5, 0.6) is 11.5 Å². The van der Waals surface area contributed by atoms with E-state index in [4.69, 9.17) is 33.3 Å². The Morgan fingerprint density at radius 3 is 2.36 bits per heavy atom. The Balaban J connectivity index is 1.40. The van der Waals surface area contributed by atoms with Gasteiger partial charge in [0.2, 0.25) is 0 Å². The zero-order valence-corrected chi connectivity index (χ0v) is 22.9. The van der Waals surface area contributed by atoms with Gasteiger partial charge in [0.05, 0.1) is 11.4 Å². The van der Waals surface area contributed by atoms with Crippen LogP contribution >= 0.6 is 35.6 Å². The normalized spacial score (nSPS) is 15.0. The van der Waals surface area contributed by atoms with Gasteiger partial charge in [0.25, 0.3) is 5.91 Å². The van der Waals surface area contributed by atoms with Crippen molar-refractivity contribution in [3.05, 3.63) is 99.4 Å². The SMILES string of the molecule is CC(C)(C)c1ccc(OCCOc2ccc(Cl)cc2/C=C2\SC(=S)N(Cc3ccccc3)C2=O)cc1. The highest BCUT2D eigenvalue weighted by molar-refractivity contribution is 8.26. The minimum absolute atomic E-state index is 0.0996. The number of hydrogen-bond acceptors (Lipinski definition) is 5. The highest BCUT2D eigenvalue weighted by Crippen LogP contribution is 2.36. The monoisotopic (exact) mass is 537 g/mol. The van der Waals surface area contributed by atoms with E-state index < -0.39 is 0 Å². The molecule has 0 aromatic heterocycles. The van der Waals surface area contributed by atoms with Gasteiger partial charge in [-0.2, -0.15) is 0 Å². The summed E-state index contributed by atoms with van der Waals surface area (Å²) in [5, 5.41) is 0.559. The van der Waals surface area contributed by atoms with E-state index >= 15 is 0 Å². The first-order valence-electron chi connectivity index (χ1n) is 11.7. The molecule has 1 fully saturated rings. The van der Waals surface area contributed by atoms with Crippen molar-refractivity contribution in [1.82, 2.24) is 4.90 Å². The molecule has 4 nitrogen and oxygen atoms in total. The summed E-state index contributed by atoms with van der Waals surface area (Å²) in [6.07, 6.45) is 1.79. The number of halogens is 1. The summed E-state index contributed by atoms with van der Waals surface area (Å²) in [5.74, 6) is 1.30. The van der Waals surface area contributed by atoms with E-state index in [9.17, 15) is 4.79 Å². The van der Waals surface area contributed by atoms with Crippen molar-refractivity contribution in [2.45, 2.75) is 32.7 Å².